The van der Waals surface area contributed by atoms with Crippen molar-refractivity contribution in [3.63, 3.8) is 0 Å². The van der Waals surface area contributed by atoms with Crippen LogP contribution in [0.2, 0.25) is 0 Å². The highest BCUT2D eigenvalue weighted by atomic mass is 16.3. The summed E-state index contributed by atoms with van der Waals surface area (Å²) in [6, 6.07) is 0.622. The summed E-state index contributed by atoms with van der Waals surface area (Å²) < 4.78 is 0. The Kier molecular flexibility index (Phi) is 8.07. The maximum atomic E-state index is 9.07. The number of nitrogens with one attached hydrogen (secondary N) is 1. The van der Waals surface area contributed by atoms with Crippen LogP contribution < -0.4 is 5.32 Å². The molecule has 0 bridgehead atoms. The molecule has 2 heteroatoms. The number of aliphatic hydroxyl groups excluding tert-OH is 1. The average molecular weight is 215 g/mol. The van der Waals surface area contributed by atoms with E-state index in [9.17, 15) is 0 Å². The van der Waals surface area contributed by atoms with Crippen molar-refractivity contribution in [3.8, 4) is 0 Å². The Morgan fingerprint density at radius 3 is 2.00 bits per heavy atom. The largest absolute Gasteiger partial charge is 0.396 e. The molecule has 1 unspecified atom stereocenters. The summed E-state index contributed by atoms with van der Waals surface area (Å²) >= 11 is 0. The van der Waals surface area contributed by atoms with Gasteiger partial charge in [0.25, 0.3) is 0 Å². The minimum absolute atomic E-state index is 0.115. The molecule has 0 aliphatic heterocycles. The van der Waals surface area contributed by atoms with Crippen molar-refractivity contribution in [1.82, 2.24) is 5.32 Å². The van der Waals surface area contributed by atoms with Gasteiger partial charge in [0, 0.05) is 18.2 Å². The van der Waals surface area contributed by atoms with Crippen molar-refractivity contribution in [1.29, 1.82) is 0 Å². The molecule has 0 spiro atoms. The SMILES string of the molecule is CCCC(CCC)NC(C)(CC)CCO. The summed E-state index contributed by atoms with van der Waals surface area (Å²) in [5.41, 5.74) is 0.115. The van der Waals surface area contributed by atoms with Gasteiger partial charge in [-0.05, 0) is 32.6 Å². The van der Waals surface area contributed by atoms with Gasteiger partial charge in [-0.25, -0.2) is 0 Å². The molecule has 15 heavy (non-hydrogen) atoms. The summed E-state index contributed by atoms with van der Waals surface area (Å²) in [7, 11) is 0. The lowest BCUT2D eigenvalue weighted by Gasteiger charge is -2.34. The van der Waals surface area contributed by atoms with E-state index in [0.29, 0.717) is 6.04 Å². The zero-order valence-electron chi connectivity index (χ0n) is 11.0. The molecule has 0 aliphatic rings. The number of aliphatic hydroxyl groups is 1. The highest BCUT2D eigenvalue weighted by Crippen LogP contribution is 2.18. The molecule has 1 atom stereocenters. The molecule has 2 nitrogen and oxygen atoms in total. The minimum Gasteiger partial charge on any atom is -0.396 e. The van der Waals surface area contributed by atoms with Crippen LogP contribution in [0.4, 0.5) is 0 Å². The van der Waals surface area contributed by atoms with Gasteiger partial charge in [0.05, 0.1) is 0 Å². The van der Waals surface area contributed by atoms with E-state index < -0.39 is 0 Å². The van der Waals surface area contributed by atoms with Crippen LogP contribution in [-0.4, -0.2) is 23.3 Å². The lowest BCUT2D eigenvalue weighted by molar-refractivity contribution is 0.196. The van der Waals surface area contributed by atoms with Gasteiger partial charge in [0.2, 0.25) is 0 Å². The molecule has 0 aromatic rings. The number of hydrogen-bond acceptors (Lipinski definition) is 2. The molecule has 92 valence electrons. The third kappa shape index (κ3) is 6.16. The molecule has 0 fully saturated rings. The highest BCUT2D eigenvalue weighted by molar-refractivity contribution is 4.85. The summed E-state index contributed by atoms with van der Waals surface area (Å²) in [5, 5.41) is 12.8. The molecule has 0 saturated carbocycles. The summed E-state index contributed by atoms with van der Waals surface area (Å²) in [6.07, 6.45) is 6.89. The molecule has 2 N–H and O–H groups in total. The molecule has 0 saturated heterocycles. The van der Waals surface area contributed by atoms with Crippen LogP contribution in [0.3, 0.4) is 0 Å². The van der Waals surface area contributed by atoms with Crippen LogP contribution in [-0.2, 0) is 0 Å². The minimum atomic E-state index is 0.115. The summed E-state index contributed by atoms with van der Waals surface area (Å²) in [5.74, 6) is 0. The Bertz CT molecular complexity index is 143. The van der Waals surface area contributed by atoms with E-state index >= 15 is 0 Å². The highest BCUT2D eigenvalue weighted by Gasteiger charge is 2.23. The van der Waals surface area contributed by atoms with Crippen molar-refractivity contribution in [2.75, 3.05) is 6.61 Å². The van der Waals surface area contributed by atoms with E-state index in [4.69, 9.17) is 5.11 Å². The Labute approximate surface area is 95.5 Å². The lowest BCUT2D eigenvalue weighted by Crippen LogP contribution is -2.48. The molecule has 0 heterocycles. The van der Waals surface area contributed by atoms with Crippen molar-refractivity contribution >= 4 is 0 Å². The first-order chi connectivity index (χ1) is 7.11. The standard InChI is InChI=1S/C13H29NO/c1-5-8-12(9-6-2)14-13(4,7-3)10-11-15/h12,14-15H,5-11H2,1-4H3. The van der Waals surface area contributed by atoms with Crippen LogP contribution in [0, 0.1) is 0 Å². The van der Waals surface area contributed by atoms with Gasteiger partial charge < -0.3 is 10.4 Å². The molecule has 0 radical (unpaired) electrons. The van der Waals surface area contributed by atoms with E-state index in [0.717, 1.165) is 12.8 Å². The zero-order valence-corrected chi connectivity index (χ0v) is 11.0. The normalized spacial score (nSPS) is 15.6. The molecule has 0 rings (SSSR count). The maximum absolute atomic E-state index is 9.07. The van der Waals surface area contributed by atoms with E-state index in [1.54, 1.807) is 0 Å². The quantitative estimate of drug-likeness (QED) is 0.619. The van der Waals surface area contributed by atoms with Gasteiger partial charge in [-0.15, -0.1) is 0 Å². The Hall–Kier alpha value is -0.0800. The van der Waals surface area contributed by atoms with E-state index in [1.165, 1.54) is 25.7 Å². The monoisotopic (exact) mass is 215 g/mol. The van der Waals surface area contributed by atoms with Gasteiger partial charge in [0.15, 0.2) is 0 Å². The second-order valence-corrected chi connectivity index (χ2v) is 4.81. The molecular formula is C13H29NO. The van der Waals surface area contributed by atoms with Gasteiger partial charge in [-0.1, -0.05) is 33.6 Å². The Morgan fingerprint density at radius 2 is 1.67 bits per heavy atom. The first-order valence-electron chi connectivity index (χ1n) is 6.50. The van der Waals surface area contributed by atoms with Crippen LogP contribution in [0.5, 0.6) is 0 Å². The van der Waals surface area contributed by atoms with Crippen molar-refractivity contribution < 1.29 is 5.11 Å². The predicted molar refractivity (Wildman–Crippen MR) is 67.1 cm³/mol. The van der Waals surface area contributed by atoms with Crippen molar-refractivity contribution in [2.45, 2.75) is 77.8 Å². The molecule has 0 aromatic carbocycles. The maximum Gasteiger partial charge on any atom is 0.0448 e. The summed E-state index contributed by atoms with van der Waals surface area (Å²) in [4.78, 5) is 0. The van der Waals surface area contributed by atoms with E-state index in [2.05, 4.69) is 33.0 Å². The first-order valence-corrected chi connectivity index (χ1v) is 6.50. The van der Waals surface area contributed by atoms with Crippen LogP contribution in [0.25, 0.3) is 0 Å². The fourth-order valence-corrected chi connectivity index (χ4v) is 2.08. The molecule has 0 amide bonds. The van der Waals surface area contributed by atoms with Gasteiger partial charge in [-0.3, -0.25) is 0 Å². The van der Waals surface area contributed by atoms with Gasteiger partial charge in [-0.2, -0.15) is 0 Å². The Morgan fingerprint density at radius 1 is 1.13 bits per heavy atom. The number of rotatable bonds is 9. The zero-order chi connectivity index (χ0) is 11.7. The molecule has 0 aromatic heterocycles. The topological polar surface area (TPSA) is 32.3 Å². The first kappa shape index (κ1) is 14.9. The second kappa shape index (κ2) is 8.12. The second-order valence-electron chi connectivity index (χ2n) is 4.81. The van der Waals surface area contributed by atoms with Crippen LogP contribution in [0.1, 0.15) is 66.2 Å². The lowest BCUT2D eigenvalue weighted by atomic mass is 9.92. The summed E-state index contributed by atoms with van der Waals surface area (Å²) in [6.45, 7) is 9.17. The predicted octanol–water partition coefficient (Wildman–Crippen LogP) is 3.10. The van der Waals surface area contributed by atoms with Gasteiger partial charge >= 0.3 is 0 Å². The van der Waals surface area contributed by atoms with E-state index in [1.807, 2.05) is 0 Å². The third-order valence-electron chi connectivity index (χ3n) is 3.27. The van der Waals surface area contributed by atoms with Gasteiger partial charge in [0.1, 0.15) is 0 Å². The third-order valence-corrected chi connectivity index (χ3v) is 3.27. The Balaban J connectivity index is 4.19. The smallest absolute Gasteiger partial charge is 0.0448 e. The fraction of sp³-hybridized carbons (Fsp3) is 1.00. The number of hydrogen-bond donors (Lipinski definition) is 2. The van der Waals surface area contributed by atoms with Crippen LogP contribution in [0.15, 0.2) is 0 Å². The molecule has 0 aliphatic carbocycles. The fourth-order valence-electron chi connectivity index (χ4n) is 2.08. The van der Waals surface area contributed by atoms with Crippen molar-refractivity contribution in [3.05, 3.63) is 0 Å². The van der Waals surface area contributed by atoms with E-state index in [-0.39, 0.29) is 12.1 Å². The molecular weight excluding hydrogens is 186 g/mol. The van der Waals surface area contributed by atoms with Crippen molar-refractivity contribution in [2.24, 2.45) is 0 Å². The average Bonchev–Trinajstić information content (AvgIpc) is 2.19. The van der Waals surface area contributed by atoms with Crippen LogP contribution >= 0.6 is 0 Å².